The van der Waals surface area contributed by atoms with Gasteiger partial charge in [0.1, 0.15) is 0 Å². The number of esters is 1. The van der Waals surface area contributed by atoms with Crippen molar-refractivity contribution >= 4 is 11.8 Å². The van der Waals surface area contributed by atoms with Crippen LogP contribution in [0.2, 0.25) is 0 Å². The van der Waals surface area contributed by atoms with Crippen molar-refractivity contribution in [2.24, 2.45) is 11.8 Å². The maximum Gasteiger partial charge on any atom is 0.309 e. The number of ketones is 1. The van der Waals surface area contributed by atoms with E-state index >= 15 is 0 Å². The van der Waals surface area contributed by atoms with Gasteiger partial charge in [-0.05, 0) is 18.9 Å². The van der Waals surface area contributed by atoms with Gasteiger partial charge in [-0.15, -0.1) is 5.10 Å². The zero-order valence-electron chi connectivity index (χ0n) is 13.8. The maximum atomic E-state index is 14.3. The molecule has 0 N–H and O–H groups in total. The van der Waals surface area contributed by atoms with Crippen molar-refractivity contribution in [3.8, 4) is 0 Å². The van der Waals surface area contributed by atoms with Crippen LogP contribution in [0.15, 0.2) is 30.3 Å². The van der Waals surface area contributed by atoms with E-state index in [1.54, 1.807) is 6.92 Å². The van der Waals surface area contributed by atoms with Gasteiger partial charge in [-0.25, -0.2) is 14.1 Å². The summed E-state index contributed by atoms with van der Waals surface area (Å²) in [7, 11) is 0. The molecule has 1 aromatic carbocycles. The number of alkyl halides is 1. The third-order valence-electron chi connectivity index (χ3n) is 4.78. The van der Waals surface area contributed by atoms with Crippen molar-refractivity contribution in [3.63, 3.8) is 0 Å². The Morgan fingerprint density at radius 1 is 1.24 bits per heavy atom. The van der Waals surface area contributed by atoms with E-state index in [1.165, 1.54) is 4.68 Å². The lowest BCUT2D eigenvalue weighted by Crippen LogP contribution is -2.14. The van der Waals surface area contributed by atoms with E-state index in [0.717, 1.165) is 5.56 Å². The second-order valence-electron chi connectivity index (χ2n) is 6.43. The number of hydrogen-bond acceptors (Lipinski definition) is 5. The predicted octanol–water partition coefficient (Wildman–Crippen LogP) is 2.66. The van der Waals surface area contributed by atoms with Gasteiger partial charge in [0, 0.05) is 12.3 Å². The van der Waals surface area contributed by atoms with Crippen molar-refractivity contribution < 1.29 is 18.7 Å². The summed E-state index contributed by atoms with van der Waals surface area (Å²) in [5.41, 5.74) is 0.934. The van der Waals surface area contributed by atoms with Crippen LogP contribution in [0.4, 0.5) is 4.39 Å². The van der Waals surface area contributed by atoms with Crippen molar-refractivity contribution in [2.45, 2.75) is 32.0 Å². The van der Waals surface area contributed by atoms with Gasteiger partial charge in [0.15, 0.2) is 12.0 Å². The van der Waals surface area contributed by atoms with E-state index < -0.39 is 18.0 Å². The first-order valence-corrected chi connectivity index (χ1v) is 8.46. The van der Waals surface area contributed by atoms with Crippen LogP contribution < -0.4 is 0 Å². The molecule has 1 aliphatic carbocycles. The van der Waals surface area contributed by atoms with Gasteiger partial charge in [-0.3, -0.25) is 9.59 Å². The number of benzene rings is 1. The summed E-state index contributed by atoms with van der Waals surface area (Å²) in [5, 5.41) is 4.26. The van der Waals surface area contributed by atoms with Crippen LogP contribution in [0.1, 0.15) is 54.0 Å². The molecular formula is C18H18FN3O3. The topological polar surface area (TPSA) is 74.1 Å². The molecule has 1 aromatic heterocycles. The lowest BCUT2D eigenvalue weighted by molar-refractivity contribution is -0.144. The Morgan fingerprint density at radius 3 is 2.72 bits per heavy atom. The van der Waals surface area contributed by atoms with Crippen LogP contribution in [-0.4, -0.2) is 33.1 Å². The van der Waals surface area contributed by atoms with Crippen molar-refractivity contribution in [3.05, 3.63) is 47.5 Å². The zero-order valence-corrected chi connectivity index (χ0v) is 13.8. The molecule has 1 fully saturated rings. The number of aromatic nitrogens is 3. The first-order valence-electron chi connectivity index (χ1n) is 8.46. The fourth-order valence-electron chi connectivity index (χ4n) is 3.40. The highest BCUT2D eigenvalue weighted by Gasteiger charge is 2.51. The third kappa shape index (κ3) is 2.73. The number of halogens is 1. The minimum absolute atomic E-state index is 0.00456. The summed E-state index contributed by atoms with van der Waals surface area (Å²) in [6.07, 6.45) is -0.537. The van der Waals surface area contributed by atoms with Crippen LogP contribution in [0.3, 0.4) is 0 Å². The average molecular weight is 343 g/mol. The number of Topliss-reactive ketones (excluding diaryl/α,β-unsaturated/α-hetero) is 1. The zero-order chi connectivity index (χ0) is 17.6. The number of carbonyl (C=O) groups excluding carboxylic acids is 2. The lowest BCUT2D eigenvalue weighted by Gasteiger charge is -2.11. The second-order valence-corrected chi connectivity index (χ2v) is 6.43. The van der Waals surface area contributed by atoms with Crippen LogP contribution in [0.25, 0.3) is 0 Å². The Kier molecular flexibility index (Phi) is 3.86. The molecule has 130 valence electrons. The minimum Gasteiger partial charge on any atom is -0.466 e. The number of ether oxygens (including phenoxy) is 1. The molecule has 1 saturated carbocycles. The van der Waals surface area contributed by atoms with Gasteiger partial charge in [-0.1, -0.05) is 30.3 Å². The first-order chi connectivity index (χ1) is 12.1. The Labute approximate surface area is 144 Å². The van der Waals surface area contributed by atoms with Crippen LogP contribution in [0, 0.1) is 11.8 Å². The highest BCUT2D eigenvalue weighted by molar-refractivity contribution is 6.00. The van der Waals surface area contributed by atoms with E-state index in [-0.39, 0.29) is 42.5 Å². The Morgan fingerprint density at radius 2 is 2.00 bits per heavy atom. The molecule has 0 bridgehead atoms. The summed E-state index contributed by atoms with van der Waals surface area (Å²) in [5.74, 6) is -1.36. The predicted molar refractivity (Wildman–Crippen MR) is 85.6 cm³/mol. The number of carbonyl (C=O) groups is 2. The monoisotopic (exact) mass is 343 g/mol. The molecule has 7 heteroatoms. The number of hydrogen-bond donors (Lipinski definition) is 0. The van der Waals surface area contributed by atoms with Gasteiger partial charge >= 0.3 is 5.97 Å². The molecule has 6 nitrogen and oxygen atoms in total. The van der Waals surface area contributed by atoms with Gasteiger partial charge in [-0.2, -0.15) is 0 Å². The number of nitrogens with zero attached hydrogens (tertiary/aromatic N) is 3. The summed E-state index contributed by atoms with van der Waals surface area (Å²) >= 11 is 0. The smallest absolute Gasteiger partial charge is 0.309 e. The normalized spacial score (nSPS) is 27.0. The number of fused-ring (bicyclic) bond motifs is 1. The minimum atomic E-state index is -1.25. The Balaban J connectivity index is 1.56. The molecule has 2 aliphatic rings. The average Bonchev–Trinajstić information content (AvgIpc) is 3.21. The van der Waals surface area contributed by atoms with Gasteiger partial charge in [0.25, 0.3) is 0 Å². The van der Waals surface area contributed by atoms with Crippen LogP contribution in [0.5, 0.6) is 0 Å². The van der Waals surface area contributed by atoms with Crippen molar-refractivity contribution in [2.75, 3.05) is 6.61 Å². The highest BCUT2D eigenvalue weighted by Crippen LogP contribution is 2.43. The molecule has 2 aromatic rings. The van der Waals surface area contributed by atoms with E-state index in [9.17, 15) is 14.0 Å². The molecule has 4 rings (SSSR count). The molecule has 0 spiro atoms. The molecule has 1 aliphatic heterocycles. The van der Waals surface area contributed by atoms with Crippen molar-refractivity contribution in [1.82, 2.24) is 14.8 Å². The molecule has 4 atom stereocenters. The molecular weight excluding hydrogens is 325 g/mol. The highest BCUT2D eigenvalue weighted by atomic mass is 19.1. The second kappa shape index (κ2) is 6.06. The van der Waals surface area contributed by atoms with Crippen LogP contribution in [-0.2, 0) is 9.53 Å². The Bertz CT molecular complexity index is 820. The molecule has 25 heavy (non-hydrogen) atoms. The van der Waals surface area contributed by atoms with E-state index in [0.29, 0.717) is 6.42 Å². The van der Waals surface area contributed by atoms with Gasteiger partial charge in [0.05, 0.1) is 18.6 Å². The van der Waals surface area contributed by atoms with E-state index in [4.69, 9.17) is 4.74 Å². The third-order valence-corrected chi connectivity index (χ3v) is 4.78. The molecule has 0 unspecified atom stereocenters. The fourth-order valence-corrected chi connectivity index (χ4v) is 3.40. The summed E-state index contributed by atoms with van der Waals surface area (Å²) < 4.78 is 20.8. The fraction of sp³-hybridized carbons (Fsp3) is 0.444. The number of rotatable bonds is 5. The largest absolute Gasteiger partial charge is 0.466 e. The van der Waals surface area contributed by atoms with E-state index in [1.807, 2.05) is 30.3 Å². The van der Waals surface area contributed by atoms with Crippen molar-refractivity contribution in [1.29, 1.82) is 0 Å². The summed E-state index contributed by atoms with van der Waals surface area (Å²) in [4.78, 5) is 28.3. The quantitative estimate of drug-likeness (QED) is 0.616. The van der Waals surface area contributed by atoms with Gasteiger partial charge in [0.2, 0.25) is 11.6 Å². The summed E-state index contributed by atoms with van der Waals surface area (Å²) in [6, 6.07) is 9.22. The molecule has 0 saturated heterocycles. The summed E-state index contributed by atoms with van der Waals surface area (Å²) in [6.45, 7) is 2.01. The molecule has 0 radical (unpaired) electrons. The molecule has 2 heterocycles. The van der Waals surface area contributed by atoms with Gasteiger partial charge < -0.3 is 4.74 Å². The first kappa shape index (κ1) is 15.9. The Hall–Kier alpha value is -2.57. The van der Waals surface area contributed by atoms with E-state index in [2.05, 4.69) is 10.1 Å². The molecule has 0 amide bonds. The SMILES string of the molecule is CCOC(=O)[C@@H]1C[C@H]1C(=O)c1nc2n(n1)[C@H](c1ccccc1)C[C@@H]2F. The standard InChI is InChI=1S/C18H18FN3O3/c1-2-25-18(24)12-8-11(12)15(23)16-20-17-13(19)9-14(22(17)21-16)10-6-4-3-5-7-10/h3-7,11-14H,2,8-9H2,1H3/t11-,12-,13+,14+/m1/s1. The lowest BCUT2D eigenvalue weighted by atomic mass is 10.0. The van der Waals surface area contributed by atoms with Crippen LogP contribution >= 0.6 is 0 Å². The maximum absolute atomic E-state index is 14.3.